The Morgan fingerprint density at radius 2 is 0.889 bits per heavy atom. The molecule has 2 aromatic heterocycles. The molecule has 0 saturated heterocycles. The molecule has 0 amide bonds. The fourth-order valence-electron chi connectivity index (χ4n) is 1.28. The van der Waals surface area contributed by atoms with Gasteiger partial charge in [0.05, 0.1) is 0 Å². The second kappa shape index (κ2) is 7.27. The van der Waals surface area contributed by atoms with Gasteiger partial charge in [-0.15, -0.1) is 0 Å². The van der Waals surface area contributed by atoms with Gasteiger partial charge in [0.15, 0.2) is 0 Å². The van der Waals surface area contributed by atoms with Gasteiger partial charge in [-0.25, -0.2) is 0 Å². The SMILES string of the molecule is CN(C)c1ccncc1.CN(C)c1ccncc1. The maximum absolute atomic E-state index is 3.90. The highest BCUT2D eigenvalue weighted by Gasteiger charge is 1.89. The number of rotatable bonds is 2. The molecule has 0 spiro atoms. The van der Waals surface area contributed by atoms with Crippen molar-refractivity contribution in [1.82, 2.24) is 9.97 Å². The molecular formula is C14H20N4. The van der Waals surface area contributed by atoms with Crippen molar-refractivity contribution in [2.75, 3.05) is 38.0 Å². The zero-order valence-corrected chi connectivity index (χ0v) is 11.4. The first-order valence-corrected chi connectivity index (χ1v) is 5.76. The van der Waals surface area contributed by atoms with E-state index in [1.807, 2.05) is 62.3 Å². The van der Waals surface area contributed by atoms with Crippen LogP contribution in [0.2, 0.25) is 0 Å². The van der Waals surface area contributed by atoms with Crippen molar-refractivity contribution in [2.45, 2.75) is 0 Å². The van der Waals surface area contributed by atoms with Crippen LogP contribution >= 0.6 is 0 Å². The van der Waals surface area contributed by atoms with Crippen LogP contribution in [-0.4, -0.2) is 38.2 Å². The summed E-state index contributed by atoms with van der Waals surface area (Å²) >= 11 is 0. The Morgan fingerprint density at radius 1 is 0.611 bits per heavy atom. The van der Waals surface area contributed by atoms with Crippen molar-refractivity contribution < 1.29 is 0 Å². The summed E-state index contributed by atoms with van der Waals surface area (Å²) in [6.07, 6.45) is 7.15. The molecule has 4 nitrogen and oxygen atoms in total. The number of aromatic nitrogens is 2. The third-order valence-electron chi connectivity index (χ3n) is 2.36. The molecule has 0 unspecified atom stereocenters. The van der Waals surface area contributed by atoms with Gasteiger partial charge in [0.25, 0.3) is 0 Å². The summed E-state index contributed by atoms with van der Waals surface area (Å²) in [5.41, 5.74) is 2.37. The molecule has 0 aliphatic rings. The van der Waals surface area contributed by atoms with E-state index in [1.165, 1.54) is 11.4 Å². The Morgan fingerprint density at radius 3 is 1.06 bits per heavy atom. The van der Waals surface area contributed by atoms with E-state index < -0.39 is 0 Å². The minimum absolute atomic E-state index is 1.19. The average molecular weight is 244 g/mol. The van der Waals surface area contributed by atoms with Gasteiger partial charge in [-0.3, -0.25) is 9.97 Å². The van der Waals surface area contributed by atoms with E-state index in [2.05, 4.69) is 9.97 Å². The number of hydrogen-bond acceptors (Lipinski definition) is 4. The third-order valence-corrected chi connectivity index (χ3v) is 2.36. The summed E-state index contributed by atoms with van der Waals surface area (Å²) < 4.78 is 0. The number of pyridine rings is 2. The summed E-state index contributed by atoms with van der Waals surface area (Å²) in [6.45, 7) is 0. The minimum Gasteiger partial charge on any atom is -0.378 e. The van der Waals surface area contributed by atoms with Gasteiger partial charge >= 0.3 is 0 Å². The zero-order valence-electron chi connectivity index (χ0n) is 11.4. The molecule has 18 heavy (non-hydrogen) atoms. The Bertz CT molecular complexity index is 383. The smallest absolute Gasteiger partial charge is 0.0391 e. The van der Waals surface area contributed by atoms with Crippen LogP contribution in [0.25, 0.3) is 0 Å². The summed E-state index contributed by atoms with van der Waals surface area (Å²) in [4.78, 5) is 11.9. The lowest BCUT2D eigenvalue weighted by atomic mass is 10.4. The highest BCUT2D eigenvalue weighted by Crippen LogP contribution is 2.06. The van der Waals surface area contributed by atoms with Gasteiger partial charge in [-0.2, -0.15) is 0 Å². The lowest BCUT2D eigenvalue weighted by Gasteiger charge is -2.10. The van der Waals surface area contributed by atoms with Crippen LogP contribution in [0.3, 0.4) is 0 Å². The molecule has 0 aliphatic carbocycles. The van der Waals surface area contributed by atoms with Gasteiger partial charge in [0, 0.05) is 64.4 Å². The maximum atomic E-state index is 3.90. The maximum Gasteiger partial charge on any atom is 0.0391 e. The lowest BCUT2D eigenvalue weighted by molar-refractivity contribution is 1.12. The fraction of sp³-hybridized carbons (Fsp3) is 0.286. The van der Waals surface area contributed by atoms with Gasteiger partial charge in [-0.1, -0.05) is 0 Å². The molecule has 0 bridgehead atoms. The van der Waals surface area contributed by atoms with Crippen LogP contribution < -0.4 is 9.80 Å². The monoisotopic (exact) mass is 244 g/mol. The van der Waals surface area contributed by atoms with Crippen molar-refractivity contribution in [3.05, 3.63) is 49.1 Å². The summed E-state index contributed by atoms with van der Waals surface area (Å²) in [6, 6.07) is 7.89. The van der Waals surface area contributed by atoms with Crippen LogP contribution in [0.1, 0.15) is 0 Å². The van der Waals surface area contributed by atoms with Crippen LogP contribution in [0, 0.1) is 0 Å². The second-order valence-corrected chi connectivity index (χ2v) is 4.20. The van der Waals surface area contributed by atoms with Gasteiger partial charge < -0.3 is 9.80 Å². The lowest BCUT2D eigenvalue weighted by Crippen LogP contribution is -2.07. The number of anilines is 2. The molecule has 96 valence electrons. The largest absolute Gasteiger partial charge is 0.378 e. The van der Waals surface area contributed by atoms with Crippen LogP contribution in [0.4, 0.5) is 11.4 Å². The first-order valence-electron chi connectivity index (χ1n) is 5.76. The summed E-state index contributed by atoms with van der Waals surface area (Å²) in [5, 5.41) is 0. The van der Waals surface area contributed by atoms with Gasteiger partial charge in [0.1, 0.15) is 0 Å². The fourth-order valence-corrected chi connectivity index (χ4v) is 1.28. The van der Waals surface area contributed by atoms with E-state index in [9.17, 15) is 0 Å². The Kier molecular flexibility index (Phi) is 5.64. The zero-order chi connectivity index (χ0) is 13.4. The predicted molar refractivity (Wildman–Crippen MR) is 77.1 cm³/mol. The molecule has 0 N–H and O–H groups in total. The Balaban J connectivity index is 0.000000180. The molecule has 2 aromatic rings. The Labute approximate surface area is 109 Å². The first-order chi connectivity index (χ1) is 8.61. The molecule has 0 aliphatic heterocycles. The third kappa shape index (κ3) is 4.82. The second-order valence-electron chi connectivity index (χ2n) is 4.20. The molecule has 0 radical (unpaired) electrons. The highest BCUT2D eigenvalue weighted by molar-refractivity contribution is 5.42. The van der Waals surface area contributed by atoms with Crippen LogP contribution in [0.5, 0.6) is 0 Å². The van der Waals surface area contributed by atoms with Gasteiger partial charge in [-0.05, 0) is 24.3 Å². The first kappa shape index (κ1) is 14.0. The van der Waals surface area contributed by atoms with Crippen molar-refractivity contribution in [1.29, 1.82) is 0 Å². The standard InChI is InChI=1S/2C7H10N2/c2*1-9(2)7-3-5-8-6-4-7/h2*3-6H,1-2H3. The molecular weight excluding hydrogens is 224 g/mol. The number of hydrogen-bond donors (Lipinski definition) is 0. The van der Waals surface area contributed by atoms with E-state index in [4.69, 9.17) is 0 Å². The van der Waals surface area contributed by atoms with Crippen molar-refractivity contribution in [3.63, 3.8) is 0 Å². The molecule has 2 rings (SSSR count). The normalized spacial score (nSPS) is 9.11. The minimum atomic E-state index is 1.19. The summed E-state index contributed by atoms with van der Waals surface area (Å²) in [5.74, 6) is 0. The van der Waals surface area contributed by atoms with Crippen molar-refractivity contribution in [3.8, 4) is 0 Å². The molecule has 0 atom stereocenters. The average Bonchev–Trinajstić information content (AvgIpc) is 2.41. The molecule has 4 heteroatoms. The van der Waals surface area contributed by atoms with E-state index in [-0.39, 0.29) is 0 Å². The molecule has 0 aromatic carbocycles. The highest BCUT2D eigenvalue weighted by atomic mass is 15.1. The van der Waals surface area contributed by atoms with Crippen LogP contribution in [0.15, 0.2) is 49.1 Å². The molecule has 0 saturated carbocycles. The number of nitrogens with zero attached hydrogens (tertiary/aromatic N) is 4. The molecule has 2 heterocycles. The van der Waals surface area contributed by atoms with Crippen molar-refractivity contribution in [2.24, 2.45) is 0 Å². The van der Waals surface area contributed by atoms with Gasteiger partial charge in [0.2, 0.25) is 0 Å². The van der Waals surface area contributed by atoms with Crippen LogP contribution in [-0.2, 0) is 0 Å². The topological polar surface area (TPSA) is 32.3 Å². The van der Waals surface area contributed by atoms with E-state index in [1.54, 1.807) is 24.8 Å². The van der Waals surface area contributed by atoms with E-state index in [0.29, 0.717) is 0 Å². The molecule has 0 fully saturated rings. The Hall–Kier alpha value is -2.10. The quantitative estimate of drug-likeness (QED) is 0.811. The van der Waals surface area contributed by atoms with E-state index in [0.717, 1.165) is 0 Å². The summed E-state index contributed by atoms with van der Waals surface area (Å²) in [7, 11) is 8.04. The van der Waals surface area contributed by atoms with Crippen molar-refractivity contribution >= 4 is 11.4 Å². The van der Waals surface area contributed by atoms with E-state index >= 15 is 0 Å². The predicted octanol–water partition coefficient (Wildman–Crippen LogP) is 2.30.